The molecule has 0 radical (unpaired) electrons. The number of aryl methyl sites for hydroxylation is 1. The van der Waals surface area contributed by atoms with E-state index in [2.05, 4.69) is 5.32 Å². The van der Waals surface area contributed by atoms with Crippen molar-refractivity contribution in [2.24, 2.45) is 0 Å². The minimum Gasteiger partial charge on any atom is -0.354 e. The van der Waals surface area contributed by atoms with Crippen LogP contribution < -0.4 is 9.62 Å². The zero-order valence-electron chi connectivity index (χ0n) is 15.9. The van der Waals surface area contributed by atoms with Gasteiger partial charge in [-0.1, -0.05) is 42.3 Å². The first-order valence-electron chi connectivity index (χ1n) is 8.99. The Kier molecular flexibility index (Phi) is 8.16. The normalized spacial score (nSPS) is 12.4. The van der Waals surface area contributed by atoms with E-state index in [0.717, 1.165) is 29.0 Å². The Hall–Kier alpha value is -1.76. The Labute approximate surface area is 176 Å². The molecule has 1 amide bonds. The average Bonchev–Trinajstić information content (AvgIpc) is 2.64. The highest BCUT2D eigenvalue weighted by Gasteiger charge is 2.31. The summed E-state index contributed by atoms with van der Waals surface area (Å²) in [5.74, 6) is -0.320. The van der Waals surface area contributed by atoms with E-state index in [-0.39, 0.29) is 5.91 Å². The number of sulfonamides is 1. The first-order valence-corrected chi connectivity index (χ1v) is 11.6. The van der Waals surface area contributed by atoms with Crippen molar-refractivity contribution < 1.29 is 13.2 Å². The molecule has 0 spiro atoms. The van der Waals surface area contributed by atoms with E-state index in [1.165, 1.54) is 0 Å². The minimum atomic E-state index is -3.65. The SMILES string of the molecule is CC[C@H](C(=O)NCCCc1ccc(Cl)cc1)N(c1ccc(Cl)cc1)S(C)(=O)=O. The molecule has 2 aromatic carbocycles. The van der Waals surface area contributed by atoms with Gasteiger partial charge in [0.1, 0.15) is 6.04 Å². The van der Waals surface area contributed by atoms with Crippen LogP contribution >= 0.6 is 23.2 Å². The maximum atomic E-state index is 12.7. The third-order valence-electron chi connectivity index (χ3n) is 4.27. The summed E-state index contributed by atoms with van der Waals surface area (Å²) < 4.78 is 25.9. The maximum Gasteiger partial charge on any atom is 0.243 e. The predicted molar refractivity (Wildman–Crippen MR) is 116 cm³/mol. The molecule has 0 unspecified atom stereocenters. The van der Waals surface area contributed by atoms with Crippen LogP contribution in [0.15, 0.2) is 48.5 Å². The third-order valence-corrected chi connectivity index (χ3v) is 5.95. The molecule has 0 aromatic heterocycles. The van der Waals surface area contributed by atoms with Crippen molar-refractivity contribution >= 4 is 44.8 Å². The number of anilines is 1. The second-order valence-corrected chi connectivity index (χ2v) is 9.21. The van der Waals surface area contributed by atoms with Crippen LogP contribution in [0.5, 0.6) is 0 Å². The Balaban J connectivity index is 2.02. The molecule has 1 atom stereocenters. The molecule has 0 aliphatic rings. The molecule has 2 rings (SSSR count). The first-order chi connectivity index (χ1) is 13.2. The summed E-state index contributed by atoms with van der Waals surface area (Å²) in [6.45, 7) is 2.24. The van der Waals surface area contributed by atoms with Gasteiger partial charge in [0.15, 0.2) is 0 Å². The number of hydrogen-bond acceptors (Lipinski definition) is 3. The molecule has 2 aromatic rings. The van der Waals surface area contributed by atoms with E-state index < -0.39 is 16.1 Å². The van der Waals surface area contributed by atoms with E-state index in [9.17, 15) is 13.2 Å². The molecule has 28 heavy (non-hydrogen) atoms. The number of halogens is 2. The summed E-state index contributed by atoms with van der Waals surface area (Å²) in [5.41, 5.74) is 1.54. The van der Waals surface area contributed by atoms with Gasteiger partial charge in [0.05, 0.1) is 11.9 Å². The average molecular weight is 443 g/mol. The monoisotopic (exact) mass is 442 g/mol. The van der Waals surface area contributed by atoms with Crippen molar-refractivity contribution in [3.8, 4) is 0 Å². The van der Waals surface area contributed by atoms with Crippen LogP contribution in [0.2, 0.25) is 10.0 Å². The largest absolute Gasteiger partial charge is 0.354 e. The fourth-order valence-electron chi connectivity index (χ4n) is 2.92. The summed E-state index contributed by atoms with van der Waals surface area (Å²) in [6, 6.07) is 13.1. The van der Waals surface area contributed by atoms with E-state index in [0.29, 0.717) is 28.7 Å². The van der Waals surface area contributed by atoms with Crippen LogP contribution in [0.3, 0.4) is 0 Å². The Morgan fingerprint density at radius 1 is 1.04 bits per heavy atom. The zero-order chi connectivity index (χ0) is 20.7. The van der Waals surface area contributed by atoms with Crippen molar-refractivity contribution in [1.29, 1.82) is 0 Å². The smallest absolute Gasteiger partial charge is 0.243 e. The van der Waals surface area contributed by atoms with Gasteiger partial charge in [0, 0.05) is 16.6 Å². The number of amides is 1. The number of hydrogen-bond donors (Lipinski definition) is 1. The van der Waals surface area contributed by atoms with Crippen molar-refractivity contribution in [3.63, 3.8) is 0 Å². The van der Waals surface area contributed by atoms with E-state index in [4.69, 9.17) is 23.2 Å². The summed E-state index contributed by atoms with van der Waals surface area (Å²) in [7, 11) is -3.65. The van der Waals surface area contributed by atoms with Crippen molar-refractivity contribution in [3.05, 3.63) is 64.1 Å². The lowest BCUT2D eigenvalue weighted by Crippen LogP contribution is -2.49. The molecule has 8 heteroatoms. The number of nitrogens with one attached hydrogen (secondary N) is 1. The number of rotatable bonds is 9. The molecule has 1 N–H and O–H groups in total. The van der Waals surface area contributed by atoms with E-state index in [1.54, 1.807) is 31.2 Å². The summed E-state index contributed by atoms with van der Waals surface area (Å²) in [5, 5.41) is 4.04. The van der Waals surface area contributed by atoms with Crippen LogP contribution in [0.4, 0.5) is 5.69 Å². The Morgan fingerprint density at radius 2 is 1.57 bits per heavy atom. The van der Waals surface area contributed by atoms with Gasteiger partial charge in [-0.05, 0) is 61.2 Å². The van der Waals surface area contributed by atoms with Gasteiger partial charge < -0.3 is 5.32 Å². The van der Waals surface area contributed by atoms with E-state index in [1.807, 2.05) is 24.3 Å². The molecule has 152 valence electrons. The van der Waals surface area contributed by atoms with E-state index >= 15 is 0 Å². The van der Waals surface area contributed by atoms with Gasteiger partial charge in [0.25, 0.3) is 0 Å². The Bertz CT molecular complexity index is 885. The molecule has 0 aliphatic heterocycles. The summed E-state index contributed by atoms with van der Waals surface area (Å²) >= 11 is 11.8. The molecule has 0 saturated heterocycles. The topological polar surface area (TPSA) is 66.5 Å². The molecule has 0 bridgehead atoms. The van der Waals surface area contributed by atoms with Crippen LogP contribution in [0.25, 0.3) is 0 Å². The molecular weight excluding hydrogens is 419 g/mol. The Morgan fingerprint density at radius 3 is 2.07 bits per heavy atom. The lowest BCUT2D eigenvalue weighted by molar-refractivity contribution is -0.122. The lowest BCUT2D eigenvalue weighted by atomic mass is 10.1. The van der Waals surface area contributed by atoms with Crippen LogP contribution in [0.1, 0.15) is 25.3 Å². The fraction of sp³-hybridized carbons (Fsp3) is 0.350. The predicted octanol–water partition coefficient (Wildman–Crippen LogP) is 4.29. The highest BCUT2D eigenvalue weighted by molar-refractivity contribution is 7.92. The zero-order valence-corrected chi connectivity index (χ0v) is 18.2. The third kappa shape index (κ3) is 6.40. The number of carbonyl (C=O) groups is 1. The van der Waals surface area contributed by atoms with Crippen molar-refractivity contribution in [2.45, 2.75) is 32.2 Å². The molecular formula is C20H24Cl2N2O3S. The standard InChI is InChI=1S/C20H24Cl2N2O3S/c1-3-19(24(28(2,26)27)18-12-10-17(22)11-13-18)20(25)23-14-4-5-15-6-8-16(21)9-7-15/h6-13,19H,3-5,14H2,1-2H3,(H,23,25)/t19-/m1/s1. The summed E-state index contributed by atoms with van der Waals surface area (Å²) in [6.07, 6.45) is 2.97. The quantitative estimate of drug-likeness (QED) is 0.588. The van der Waals surface area contributed by atoms with Crippen molar-refractivity contribution in [1.82, 2.24) is 5.32 Å². The highest BCUT2D eigenvalue weighted by Crippen LogP contribution is 2.24. The highest BCUT2D eigenvalue weighted by atomic mass is 35.5. The molecule has 0 saturated carbocycles. The number of carbonyl (C=O) groups excluding carboxylic acids is 1. The molecule has 5 nitrogen and oxygen atoms in total. The number of benzene rings is 2. The van der Waals surface area contributed by atoms with Gasteiger partial charge in [0.2, 0.25) is 15.9 Å². The fourth-order valence-corrected chi connectivity index (χ4v) is 4.38. The molecule has 0 aliphatic carbocycles. The maximum absolute atomic E-state index is 12.7. The second-order valence-electron chi connectivity index (χ2n) is 6.48. The molecule has 0 heterocycles. The minimum absolute atomic E-state index is 0.320. The van der Waals surface area contributed by atoms with Crippen LogP contribution in [-0.4, -0.2) is 33.2 Å². The van der Waals surface area contributed by atoms with Crippen LogP contribution in [-0.2, 0) is 21.2 Å². The van der Waals surface area contributed by atoms with Gasteiger partial charge in [-0.25, -0.2) is 8.42 Å². The van der Waals surface area contributed by atoms with Gasteiger partial charge in [-0.3, -0.25) is 9.10 Å². The number of nitrogens with zero attached hydrogens (tertiary/aromatic N) is 1. The van der Waals surface area contributed by atoms with Crippen LogP contribution in [0, 0.1) is 0 Å². The van der Waals surface area contributed by atoms with Gasteiger partial charge >= 0.3 is 0 Å². The summed E-state index contributed by atoms with van der Waals surface area (Å²) in [4.78, 5) is 12.7. The van der Waals surface area contributed by atoms with Gasteiger partial charge in [-0.15, -0.1) is 0 Å². The first kappa shape index (κ1) is 22.5. The lowest BCUT2D eigenvalue weighted by Gasteiger charge is -2.30. The second kappa shape index (κ2) is 10.1. The van der Waals surface area contributed by atoms with Crippen molar-refractivity contribution in [2.75, 3.05) is 17.1 Å². The van der Waals surface area contributed by atoms with Gasteiger partial charge in [-0.2, -0.15) is 0 Å². The molecule has 0 fully saturated rings.